The molecule has 0 aliphatic carbocycles. The molecule has 0 aromatic heterocycles. The zero-order valence-corrected chi connectivity index (χ0v) is 12.8. The molecule has 3 amide bonds. The maximum absolute atomic E-state index is 12.9. The van der Waals surface area contributed by atoms with Gasteiger partial charge in [-0.15, -0.1) is 0 Å². The molecule has 120 valence electrons. The number of hydrogen-bond acceptors (Lipinski definition) is 5. The van der Waals surface area contributed by atoms with Gasteiger partial charge in [0, 0.05) is 13.0 Å². The van der Waals surface area contributed by atoms with Gasteiger partial charge in [-0.05, 0) is 30.5 Å². The van der Waals surface area contributed by atoms with Crippen LogP contribution < -0.4 is 14.8 Å². The quantitative estimate of drug-likeness (QED) is 0.661. The van der Waals surface area contributed by atoms with E-state index in [1.165, 1.54) is 4.90 Å². The van der Waals surface area contributed by atoms with Crippen molar-refractivity contribution in [2.24, 2.45) is 0 Å². The van der Waals surface area contributed by atoms with E-state index in [1.54, 1.807) is 18.2 Å². The summed E-state index contributed by atoms with van der Waals surface area (Å²) in [6.07, 6.45) is 1.20. The standard InChI is InChI=1S/C16H17N3O4/c1-2-16(11-5-6-12-13(9-11)23-10-22-12)14(20)19(15(21)18-16)8-4-3-7-17/h5-6,9H,2-4,8,10H2,1H3,(H,18,21). The number of unbranched alkanes of at least 4 members (excludes halogenated alkanes) is 1. The molecule has 1 N–H and O–H groups in total. The number of imide groups is 1. The van der Waals surface area contributed by atoms with Crippen molar-refractivity contribution >= 4 is 11.9 Å². The Morgan fingerprint density at radius 2 is 2.13 bits per heavy atom. The molecule has 0 saturated carbocycles. The lowest BCUT2D eigenvalue weighted by Crippen LogP contribution is -2.43. The Labute approximate surface area is 133 Å². The molecule has 0 radical (unpaired) electrons. The average molecular weight is 315 g/mol. The highest BCUT2D eigenvalue weighted by Gasteiger charge is 2.51. The first-order chi connectivity index (χ1) is 11.1. The molecule has 2 aliphatic heterocycles. The second-order valence-electron chi connectivity index (χ2n) is 5.48. The number of carbonyl (C=O) groups is 2. The minimum atomic E-state index is -1.09. The minimum Gasteiger partial charge on any atom is -0.454 e. The van der Waals surface area contributed by atoms with E-state index >= 15 is 0 Å². The van der Waals surface area contributed by atoms with Crippen LogP contribution in [0.2, 0.25) is 0 Å². The van der Waals surface area contributed by atoms with Crippen LogP contribution in [0, 0.1) is 11.3 Å². The molecule has 2 aliphatic rings. The van der Waals surface area contributed by atoms with Gasteiger partial charge in [0.05, 0.1) is 6.07 Å². The van der Waals surface area contributed by atoms with Gasteiger partial charge in [0.25, 0.3) is 5.91 Å². The topological polar surface area (TPSA) is 91.7 Å². The van der Waals surface area contributed by atoms with E-state index in [2.05, 4.69) is 5.32 Å². The fourth-order valence-corrected chi connectivity index (χ4v) is 2.95. The van der Waals surface area contributed by atoms with Gasteiger partial charge in [-0.2, -0.15) is 5.26 Å². The van der Waals surface area contributed by atoms with Crippen LogP contribution in [0.5, 0.6) is 11.5 Å². The van der Waals surface area contributed by atoms with Crippen LogP contribution in [0.4, 0.5) is 4.79 Å². The van der Waals surface area contributed by atoms with Crippen molar-refractivity contribution in [2.45, 2.75) is 31.7 Å². The molecule has 7 nitrogen and oxygen atoms in total. The highest BCUT2D eigenvalue weighted by molar-refractivity contribution is 6.07. The van der Waals surface area contributed by atoms with E-state index in [0.29, 0.717) is 36.3 Å². The largest absolute Gasteiger partial charge is 0.454 e. The Morgan fingerprint density at radius 1 is 1.35 bits per heavy atom. The third-order valence-electron chi connectivity index (χ3n) is 4.24. The summed E-state index contributed by atoms with van der Waals surface area (Å²) in [6.45, 7) is 2.24. The summed E-state index contributed by atoms with van der Waals surface area (Å²) < 4.78 is 10.6. The van der Waals surface area contributed by atoms with Crippen molar-refractivity contribution in [3.63, 3.8) is 0 Å². The molecule has 0 bridgehead atoms. The van der Waals surface area contributed by atoms with Gasteiger partial charge in [0.2, 0.25) is 6.79 Å². The number of urea groups is 1. The summed E-state index contributed by atoms with van der Waals surface area (Å²) in [6, 6.07) is 6.85. The number of ether oxygens (including phenoxy) is 2. The maximum atomic E-state index is 12.9. The van der Waals surface area contributed by atoms with Crippen LogP contribution in [0.1, 0.15) is 31.7 Å². The molecular weight excluding hydrogens is 298 g/mol. The number of nitrogens with one attached hydrogen (secondary N) is 1. The summed E-state index contributed by atoms with van der Waals surface area (Å²) in [5, 5.41) is 11.4. The van der Waals surface area contributed by atoms with Crippen molar-refractivity contribution in [3.8, 4) is 17.6 Å². The lowest BCUT2D eigenvalue weighted by Gasteiger charge is -2.26. The monoisotopic (exact) mass is 315 g/mol. The normalized spacial score (nSPS) is 22.2. The first-order valence-corrected chi connectivity index (χ1v) is 7.53. The highest BCUT2D eigenvalue weighted by Crippen LogP contribution is 2.39. The molecule has 23 heavy (non-hydrogen) atoms. The number of amides is 3. The first kappa shape index (κ1) is 15.2. The van der Waals surface area contributed by atoms with Gasteiger partial charge in [0.15, 0.2) is 11.5 Å². The van der Waals surface area contributed by atoms with Crippen LogP contribution in [0.25, 0.3) is 0 Å². The summed E-state index contributed by atoms with van der Waals surface area (Å²) in [5.41, 5.74) is -0.421. The maximum Gasteiger partial charge on any atom is 0.325 e. The molecule has 2 heterocycles. The predicted molar refractivity (Wildman–Crippen MR) is 79.6 cm³/mol. The lowest BCUT2D eigenvalue weighted by molar-refractivity contribution is -0.131. The van der Waals surface area contributed by atoms with Crippen LogP contribution >= 0.6 is 0 Å². The van der Waals surface area contributed by atoms with Crippen molar-refractivity contribution in [2.75, 3.05) is 13.3 Å². The second kappa shape index (κ2) is 5.80. The molecule has 1 aromatic carbocycles. The Morgan fingerprint density at radius 3 is 2.87 bits per heavy atom. The number of fused-ring (bicyclic) bond motifs is 1. The number of rotatable bonds is 5. The smallest absolute Gasteiger partial charge is 0.325 e. The van der Waals surface area contributed by atoms with Crippen molar-refractivity contribution in [1.29, 1.82) is 5.26 Å². The number of carbonyl (C=O) groups excluding carboxylic acids is 2. The zero-order valence-electron chi connectivity index (χ0n) is 12.8. The van der Waals surface area contributed by atoms with Gasteiger partial charge in [-0.3, -0.25) is 9.69 Å². The molecule has 1 fully saturated rings. The molecule has 1 unspecified atom stereocenters. The molecular formula is C16H17N3O4. The average Bonchev–Trinajstić information content (AvgIpc) is 3.12. The number of hydrogen-bond donors (Lipinski definition) is 1. The van der Waals surface area contributed by atoms with Crippen LogP contribution in [-0.2, 0) is 10.3 Å². The third-order valence-corrected chi connectivity index (χ3v) is 4.24. The van der Waals surface area contributed by atoms with E-state index in [0.717, 1.165) is 0 Å². The van der Waals surface area contributed by atoms with E-state index in [1.807, 2.05) is 13.0 Å². The van der Waals surface area contributed by atoms with Gasteiger partial charge < -0.3 is 14.8 Å². The van der Waals surface area contributed by atoms with Crippen molar-refractivity contribution in [1.82, 2.24) is 10.2 Å². The van der Waals surface area contributed by atoms with Gasteiger partial charge in [0.1, 0.15) is 5.54 Å². The summed E-state index contributed by atoms with van der Waals surface area (Å²) in [4.78, 5) is 26.3. The van der Waals surface area contributed by atoms with Crippen LogP contribution in [0.3, 0.4) is 0 Å². The summed E-state index contributed by atoms with van der Waals surface area (Å²) >= 11 is 0. The molecule has 1 aromatic rings. The van der Waals surface area contributed by atoms with E-state index in [-0.39, 0.29) is 19.2 Å². The highest BCUT2D eigenvalue weighted by atomic mass is 16.7. The number of nitriles is 1. The second-order valence-corrected chi connectivity index (χ2v) is 5.48. The van der Waals surface area contributed by atoms with Gasteiger partial charge >= 0.3 is 6.03 Å². The molecule has 1 atom stereocenters. The lowest BCUT2D eigenvalue weighted by atomic mass is 9.87. The van der Waals surface area contributed by atoms with Crippen molar-refractivity contribution in [3.05, 3.63) is 23.8 Å². The third kappa shape index (κ3) is 2.36. The fourth-order valence-electron chi connectivity index (χ4n) is 2.95. The number of nitrogens with zero attached hydrogens (tertiary/aromatic N) is 2. The van der Waals surface area contributed by atoms with Gasteiger partial charge in [-0.1, -0.05) is 13.0 Å². The van der Waals surface area contributed by atoms with E-state index in [9.17, 15) is 9.59 Å². The molecule has 7 heteroatoms. The molecule has 0 spiro atoms. The molecule has 3 rings (SSSR count). The Hall–Kier alpha value is -2.75. The summed E-state index contributed by atoms with van der Waals surface area (Å²) in [7, 11) is 0. The Kier molecular flexibility index (Phi) is 3.82. The SMILES string of the molecule is CCC1(c2ccc3c(c2)OCO3)NC(=O)N(CCCC#N)C1=O. The van der Waals surface area contributed by atoms with Gasteiger partial charge in [-0.25, -0.2) is 4.79 Å². The number of benzene rings is 1. The summed E-state index contributed by atoms with van der Waals surface area (Å²) in [5.74, 6) is 0.907. The van der Waals surface area contributed by atoms with Crippen molar-refractivity contribution < 1.29 is 19.1 Å². The van der Waals surface area contributed by atoms with Crippen LogP contribution in [0.15, 0.2) is 18.2 Å². The Bertz CT molecular complexity index is 697. The predicted octanol–water partition coefficient (Wildman–Crippen LogP) is 1.88. The van der Waals surface area contributed by atoms with Crippen LogP contribution in [-0.4, -0.2) is 30.2 Å². The first-order valence-electron chi connectivity index (χ1n) is 7.53. The van der Waals surface area contributed by atoms with E-state index < -0.39 is 11.6 Å². The zero-order chi connectivity index (χ0) is 16.4. The van der Waals surface area contributed by atoms with E-state index in [4.69, 9.17) is 14.7 Å². The molecule has 1 saturated heterocycles. The fraction of sp³-hybridized carbons (Fsp3) is 0.438. The Balaban J connectivity index is 1.90. The minimum absolute atomic E-state index is 0.151.